The average molecular weight is 227 g/mol. The first-order valence-corrected chi connectivity index (χ1v) is 6.41. The SMILES string of the molecule is O=[C][C@@H]1SCCN1C(=O)[C@@H]1CCCCN1. The van der Waals surface area contributed by atoms with E-state index in [1.807, 2.05) is 6.29 Å². The van der Waals surface area contributed by atoms with E-state index in [0.29, 0.717) is 6.54 Å². The summed E-state index contributed by atoms with van der Waals surface area (Å²) in [6.07, 6.45) is 5.06. The third kappa shape index (κ3) is 2.34. The Bertz CT molecular complexity index is 254. The Morgan fingerprint density at radius 3 is 3.00 bits per heavy atom. The molecule has 4 nitrogen and oxygen atoms in total. The number of carbonyl (C=O) groups excluding carboxylic acids is 2. The molecule has 83 valence electrons. The van der Waals surface area contributed by atoms with Gasteiger partial charge in [0.05, 0.1) is 6.04 Å². The number of nitrogens with one attached hydrogen (secondary N) is 1. The third-order valence-corrected chi connectivity index (χ3v) is 3.97. The van der Waals surface area contributed by atoms with Crippen molar-refractivity contribution in [3.05, 3.63) is 0 Å². The van der Waals surface area contributed by atoms with Crippen LogP contribution < -0.4 is 5.32 Å². The van der Waals surface area contributed by atoms with Gasteiger partial charge in [-0.3, -0.25) is 9.59 Å². The van der Waals surface area contributed by atoms with Crippen LogP contribution in [-0.2, 0) is 9.59 Å². The molecule has 0 saturated carbocycles. The van der Waals surface area contributed by atoms with Crippen LogP contribution in [0.4, 0.5) is 0 Å². The summed E-state index contributed by atoms with van der Waals surface area (Å²) in [7, 11) is 0. The van der Waals surface area contributed by atoms with Crippen LogP contribution in [0.2, 0.25) is 0 Å². The molecule has 1 N–H and O–H groups in total. The van der Waals surface area contributed by atoms with Crippen molar-refractivity contribution in [2.75, 3.05) is 18.8 Å². The Labute approximate surface area is 93.8 Å². The zero-order chi connectivity index (χ0) is 10.7. The molecule has 0 aromatic rings. The second-order valence-corrected chi connectivity index (χ2v) is 5.06. The number of thioether (sulfide) groups is 1. The first kappa shape index (κ1) is 11.0. The molecule has 1 radical (unpaired) electrons. The molecule has 15 heavy (non-hydrogen) atoms. The van der Waals surface area contributed by atoms with Gasteiger partial charge in [0.15, 0.2) is 0 Å². The number of amides is 1. The average Bonchev–Trinajstić information content (AvgIpc) is 2.77. The van der Waals surface area contributed by atoms with Crippen molar-refractivity contribution in [3.8, 4) is 0 Å². The van der Waals surface area contributed by atoms with Crippen LogP contribution in [0.1, 0.15) is 19.3 Å². The van der Waals surface area contributed by atoms with Crippen LogP contribution >= 0.6 is 11.8 Å². The predicted octanol–water partition coefficient (Wildman–Crippen LogP) is 0.140. The van der Waals surface area contributed by atoms with Gasteiger partial charge in [-0.25, -0.2) is 0 Å². The second-order valence-electron chi connectivity index (χ2n) is 3.88. The molecule has 2 aliphatic heterocycles. The maximum absolute atomic E-state index is 12.0. The molecular formula is C10H15N2O2S. The van der Waals surface area contributed by atoms with Crippen molar-refractivity contribution in [2.24, 2.45) is 0 Å². The van der Waals surface area contributed by atoms with E-state index in [9.17, 15) is 9.59 Å². The summed E-state index contributed by atoms with van der Waals surface area (Å²) in [6, 6.07) is -0.0756. The smallest absolute Gasteiger partial charge is 0.241 e. The Kier molecular flexibility index (Phi) is 3.64. The first-order chi connectivity index (χ1) is 7.33. The van der Waals surface area contributed by atoms with Crippen molar-refractivity contribution >= 4 is 24.0 Å². The topological polar surface area (TPSA) is 49.4 Å². The molecule has 0 unspecified atom stereocenters. The van der Waals surface area contributed by atoms with Crippen LogP contribution in [0, 0.1) is 0 Å². The molecule has 2 rings (SSSR count). The van der Waals surface area contributed by atoms with Crippen LogP contribution in [0.15, 0.2) is 0 Å². The Hall–Kier alpha value is -0.550. The molecule has 2 atom stereocenters. The number of nitrogens with zero attached hydrogens (tertiary/aromatic N) is 1. The van der Waals surface area contributed by atoms with Crippen molar-refractivity contribution < 1.29 is 9.59 Å². The summed E-state index contributed by atoms with van der Waals surface area (Å²) in [5, 5.41) is 2.84. The summed E-state index contributed by atoms with van der Waals surface area (Å²) in [6.45, 7) is 1.59. The minimum Gasteiger partial charge on any atom is -0.321 e. The normalized spacial score (nSPS) is 31.6. The molecular weight excluding hydrogens is 212 g/mol. The summed E-state index contributed by atoms with van der Waals surface area (Å²) >= 11 is 1.50. The van der Waals surface area contributed by atoms with Gasteiger partial charge >= 0.3 is 0 Å². The van der Waals surface area contributed by atoms with E-state index in [0.717, 1.165) is 31.6 Å². The second kappa shape index (κ2) is 4.99. The molecule has 2 aliphatic rings. The first-order valence-electron chi connectivity index (χ1n) is 5.36. The summed E-state index contributed by atoms with van der Waals surface area (Å²) < 4.78 is 0. The monoisotopic (exact) mass is 227 g/mol. The molecule has 0 aromatic heterocycles. The van der Waals surface area contributed by atoms with Crippen molar-refractivity contribution in [3.63, 3.8) is 0 Å². The van der Waals surface area contributed by atoms with E-state index < -0.39 is 0 Å². The van der Waals surface area contributed by atoms with Crippen molar-refractivity contribution in [1.82, 2.24) is 10.2 Å². The van der Waals surface area contributed by atoms with Gasteiger partial charge in [0.25, 0.3) is 0 Å². The Balaban J connectivity index is 1.96. The Morgan fingerprint density at radius 1 is 1.47 bits per heavy atom. The zero-order valence-corrected chi connectivity index (χ0v) is 9.39. The quantitative estimate of drug-likeness (QED) is 0.729. The van der Waals surface area contributed by atoms with Crippen LogP contribution in [0.3, 0.4) is 0 Å². The number of hydrogen-bond donors (Lipinski definition) is 1. The van der Waals surface area contributed by atoms with Crippen LogP contribution in [0.25, 0.3) is 0 Å². The fraction of sp³-hybridized carbons (Fsp3) is 0.800. The predicted molar refractivity (Wildman–Crippen MR) is 59.3 cm³/mol. The number of hydrogen-bond acceptors (Lipinski definition) is 4. The van der Waals surface area contributed by atoms with Gasteiger partial charge in [-0.1, -0.05) is 6.42 Å². The lowest BCUT2D eigenvalue weighted by Gasteiger charge is -2.28. The van der Waals surface area contributed by atoms with Gasteiger partial charge in [0, 0.05) is 12.3 Å². The number of piperidine rings is 1. The number of rotatable bonds is 2. The molecule has 5 heteroatoms. The van der Waals surface area contributed by atoms with Crippen molar-refractivity contribution in [1.29, 1.82) is 0 Å². The standard InChI is InChI=1S/C10H15N2O2S/c13-7-9-12(5-6-15-9)10(14)8-3-1-2-4-11-8/h8-9,11H,1-6H2/t8-,9-/m0/s1. The summed E-state index contributed by atoms with van der Waals surface area (Å²) in [5.74, 6) is 0.923. The minimum atomic E-state index is -0.374. The molecule has 0 bridgehead atoms. The number of carbonyl (C=O) groups is 1. The highest BCUT2D eigenvalue weighted by Crippen LogP contribution is 2.23. The highest BCUT2D eigenvalue weighted by Gasteiger charge is 2.34. The van der Waals surface area contributed by atoms with Gasteiger partial charge in [0.1, 0.15) is 5.37 Å². The third-order valence-electron chi connectivity index (χ3n) is 2.88. The minimum absolute atomic E-state index is 0.0756. The summed E-state index contributed by atoms with van der Waals surface area (Å²) in [5.41, 5.74) is 0. The lowest BCUT2D eigenvalue weighted by atomic mass is 10.0. The van der Waals surface area contributed by atoms with Gasteiger partial charge in [-0.2, -0.15) is 0 Å². The fourth-order valence-corrected chi connectivity index (χ4v) is 3.04. The van der Waals surface area contributed by atoms with E-state index in [4.69, 9.17) is 0 Å². The van der Waals surface area contributed by atoms with Crippen molar-refractivity contribution in [2.45, 2.75) is 30.7 Å². The molecule has 1 amide bonds. The Morgan fingerprint density at radius 2 is 2.33 bits per heavy atom. The van der Waals surface area contributed by atoms with E-state index in [1.165, 1.54) is 11.8 Å². The van der Waals surface area contributed by atoms with Crippen LogP contribution in [0.5, 0.6) is 0 Å². The highest BCUT2D eigenvalue weighted by molar-refractivity contribution is 8.00. The lowest BCUT2D eigenvalue weighted by Crippen LogP contribution is -2.50. The zero-order valence-electron chi connectivity index (χ0n) is 8.57. The van der Waals surface area contributed by atoms with E-state index in [-0.39, 0.29) is 17.3 Å². The molecule has 0 aromatic carbocycles. The molecule has 0 spiro atoms. The fourth-order valence-electron chi connectivity index (χ4n) is 2.06. The highest BCUT2D eigenvalue weighted by atomic mass is 32.2. The molecule has 0 aliphatic carbocycles. The van der Waals surface area contributed by atoms with E-state index >= 15 is 0 Å². The van der Waals surface area contributed by atoms with Gasteiger partial charge in [-0.05, 0) is 19.4 Å². The molecule has 2 heterocycles. The lowest BCUT2D eigenvalue weighted by molar-refractivity contribution is -0.133. The largest absolute Gasteiger partial charge is 0.321 e. The van der Waals surface area contributed by atoms with Gasteiger partial charge in [-0.15, -0.1) is 11.8 Å². The van der Waals surface area contributed by atoms with E-state index in [2.05, 4.69) is 5.32 Å². The summed E-state index contributed by atoms with van der Waals surface area (Å²) in [4.78, 5) is 24.3. The van der Waals surface area contributed by atoms with Gasteiger partial charge in [0.2, 0.25) is 12.2 Å². The maximum atomic E-state index is 12.0. The molecule has 2 saturated heterocycles. The van der Waals surface area contributed by atoms with Crippen LogP contribution in [-0.4, -0.2) is 47.4 Å². The maximum Gasteiger partial charge on any atom is 0.241 e. The van der Waals surface area contributed by atoms with E-state index in [1.54, 1.807) is 4.90 Å². The molecule has 2 fully saturated rings. The van der Waals surface area contributed by atoms with Gasteiger partial charge < -0.3 is 10.2 Å².